The molecule has 22 heavy (non-hydrogen) atoms. The van der Waals surface area contributed by atoms with Crippen molar-refractivity contribution in [2.45, 2.75) is 44.9 Å². The first-order chi connectivity index (χ1) is 10.4. The maximum absolute atomic E-state index is 11.8. The number of hydrogen-bond donors (Lipinski definition) is 1. The van der Waals surface area contributed by atoms with E-state index in [9.17, 15) is 10.1 Å². The highest BCUT2D eigenvalue weighted by molar-refractivity contribution is 5.80. The van der Waals surface area contributed by atoms with Crippen LogP contribution < -0.4 is 5.73 Å². The van der Waals surface area contributed by atoms with Crippen molar-refractivity contribution in [2.75, 3.05) is 13.2 Å². The fourth-order valence-corrected chi connectivity index (χ4v) is 3.02. The Hall–Kier alpha value is -1.90. The van der Waals surface area contributed by atoms with Crippen LogP contribution >= 0.6 is 0 Å². The summed E-state index contributed by atoms with van der Waals surface area (Å²) in [6.45, 7) is 7.49. The summed E-state index contributed by atoms with van der Waals surface area (Å²) in [7, 11) is 0. The number of rotatable bonds is 4. The van der Waals surface area contributed by atoms with E-state index in [1.807, 2.05) is 49.9 Å². The van der Waals surface area contributed by atoms with Gasteiger partial charge in [0.05, 0.1) is 24.2 Å². The molecule has 2 atom stereocenters. The van der Waals surface area contributed by atoms with Gasteiger partial charge in [-0.05, 0) is 31.9 Å². The van der Waals surface area contributed by atoms with Crippen molar-refractivity contribution in [3.05, 3.63) is 35.4 Å². The van der Waals surface area contributed by atoms with Crippen LogP contribution in [-0.2, 0) is 21.5 Å². The number of carbonyl (C=O) groups excluding carboxylic acids is 1. The number of morpholine rings is 1. The second kappa shape index (κ2) is 6.47. The van der Waals surface area contributed by atoms with E-state index in [4.69, 9.17) is 10.5 Å². The SMILES string of the molecule is C[C@H]1OCCN(Cc2ccccc2C(C)(C)C#N)[C@@H]1C(N)=O. The minimum atomic E-state index is -0.573. The second-order valence-corrected chi connectivity index (χ2v) is 6.29. The molecule has 0 radical (unpaired) electrons. The van der Waals surface area contributed by atoms with Gasteiger partial charge in [-0.3, -0.25) is 9.69 Å². The highest BCUT2D eigenvalue weighted by Gasteiger charge is 2.34. The van der Waals surface area contributed by atoms with Gasteiger partial charge in [0.2, 0.25) is 5.91 Å². The van der Waals surface area contributed by atoms with E-state index in [1.165, 1.54) is 0 Å². The fourth-order valence-electron chi connectivity index (χ4n) is 3.02. The predicted octanol–water partition coefficient (Wildman–Crippen LogP) is 1.56. The van der Waals surface area contributed by atoms with Crippen molar-refractivity contribution in [1.82, 2.24) is 4.90 Å². The molecule has 0 saturated carbocycles. The van der Waals surface area contributed by atoms with Gasteiger partial charge in [-0.1, -0.05) is 24.3 Å². The lowest BCUT2D eigenvalue weighted by molar-refractivity contribution is -0.136. The Balaban J connectivity index is 2.31. The molecule has 2 N–H and O–H groups in total. The lowest BCUT2D eigenvalue weighted by Crippen LogP contribution is -2.56. The molecule has 1 aromatic rings. The van der Waals surface area contributed by atoms with Crippen molar-refractivity contribution in [1.29, 1.82) is 5.26 Å². The topological polar surface area (TPSA) is 79.3 Å². The van der Waals surface area contributed by atoms with Crippen molar-refractivity contribution < 1.29 is 9.53 Å². The Bertz CT molecular complexity index is 592. The molecule has 2 rings (SSSR count). The van der Waals surface area contributed by atoms with Gasteiger partial charge in [0.15, 0.2) is 0 Å². The number of nitrogens with two attached hydrogens (primary N) is 1. The van der Waals surface area contributed by atoms with Crippen LogP contribution in [0.3, 0.4) is 0 Å². The maximum atomic E-state index is 11.8. The molecule has 0 unspecified atom stereocenters. The molecule has 0 spiro atoms. The molecule has 1 aromatic carbocycles. The molecule has 1 aliphatic heterocycles. The Kier molecular flexibility index (Phi) is 4.84. The molecular weight excluding hydrogens is 278 g/mol. The summed E-state index contributed by atoms with van der Waals surface area (Å²) in [6.07, 6.45) is -0.220. The summed E-state index contributed by atoms with van der Waals surface area (Å²) in [5, 5.41) is 9.40. The van der Waals surface area contributed by atoms with Crippen LogP contribution in [0.1, 0.15) is 31.9 Å². The average Bonchev–Trinajstić information content (AvgIpc) is 2.47. The minimum Gasteiger partial charge on any atom is -0.375 e. The Morgan fingerprint density at radius 2 is 2.18 bits per heavy atom. The lowest BCUT2D eigenvalue weighted by Gasteiger charge is -2.38. The zero-order valence-electron chi connectivity index (χ0n) is 13.4. The monoisotopic (exact) mass is 301 g/mol. The molecule has 5 nitrogen and oxygen atoms in total. The van der Waals surface area contributed by atoms with Crippen LogP contribution in [0.2, 0.25) is 0 Å². The van der Waals surface area contributed by atoms with Gasteiger partial charge in [-0.2, -0.15) is 5.26 Å². The zero-order valence-corrected chi connectivity index (χ0v) is 13.4. The Labute approximate surface area is 131 Å². The first-order valence-corrected chi connectivity index (χ1v) is 7.51. The number of nitrogens with zero attached hydrogens (tertiary/aromatic N) is 2. The van der Waals surface area contributed by atoms with Gasteiger partial charge in [-0.25, -0.2) is 0 Å². The summed E-state index contributed by atoms with van der Waals surface area (Å²) in [5.41, 5.74) is 7.00. The third-order valence-corrected chi connectivity index (χ3v) is 4.23. The molecule has 118 valence electrons. The number of amides is 1. The first-order valence-electron chi connectivity index (χ1n) is 7.51. The summed E-state index contributed by atoms with van der Waals surface area (Å²) >= 11 is 0. The molecule has 1 amide bonds. The van der Waals surface area contributed by atoms with E-state index in [1.54, 1.807) is 0 Å². The third-order valence-electron chi connectivity index (χ3n) is 4.23. The Morgan fingerprint density at radius 3 is 2.82 bits per heavy atom. The van der Waals surface area contributed by atoms with Gasteiger partial charge < -0.3 is 10.5 Å². The van der Waals surface area contributed by atoms with Crippen LogP contribution in [0, 0.1) is 11.3 Å². The van der Waals surface area contributed by atoms with E-state index < -0.39 is 11.5 Å². The van der Waals surface area contributed by atoms with E-state index >= 15 is 0 Å². The summed E-state index contributed by atoms with van der Waals surface area (Å²) in [4.78, 5) is 13.8. The normalized spacial score (nSPS) is 23.0. The molecule has 1 aliphatic rings. The highest BCUT2D eigenvalue weighted by atomic mass is 16.5. The zero-order chi connectivity index (χ0) is 16.3. The molecule has 0 bridgehead atoms. The number of benzene rings is 1. The van der Waals surface area contributed by atoms with Gasteiger partial charge >= 0.3 is 0 Å². The van der Waals surface area contributed by atoms with E-state index in [0.717, 1.165) is 11.1 Å². The second-order valence-electron chi connectivity index (χ2n) is 6.29. The molecule has 1 saturated heterocycles. The molecular formula is C17H23N3O2. The standard InChI is InChI=1S/C17H23N3O2/c1-12-15(16(19)21)20(8-9-22-12)10-13-6-4-5-7-14(13)17(2,3)11-18/h4-7,12,15H,8-10H2,1-3H3,(H2,19,21)/t12-,15+/m1/s1. The van der Waals surface area contributed by atoms with Crippen molar-refractivity contribution >= 4 is 5.91 Å². The minimum absolute atomic E-state index is 0.220. The van der Waals surface area contributed by atoms with Crippen LogP contribution in [0.4, 0.5) is 0 Å². The summed E-state index contributed by atoms with van der Waals surface area (Å²) in [6, 6.07) is 9.78. The number of hydrogen-bond acceptors (Lipinski definition) is 4. The smallest absolute Gasteiger partial charge is 0.237 e. The highest BCUT2D eigenvalue weighted by Crippen LogP contribution is 2.28. The maximum Gasteiger partial charge on any atom is 0.237 e. The van der Waals surface area contributed by atoms with Gasteiger partial charge in [0.1, 0.15) is 6.04 Å². The molecule has 5 heteroatoms. The van der Waals surface area contributed by atoms with E-state index in [-0.39, 0.29) is 12.0 Å². The number of primary amides is 1. The number of nitriles is 1. The summed E-state index contributed by atoms with van der Waals surface area (Å²) in [5.74, 6) is -0.371. The van der Waals surface area contributed by atoms with E-state index in [0.29, 0.717) is 19.7 Å². The van der Waals surface area contributed by atoms with Crippen molar-refractivity contribution in [3.63, 3.8) is 0 Å². The van der Waals surface area contributed by atoms with Crippen molar-refractivity contribution in [2.24, 2.45) is 5.73 Å². The average molecular weight is 301 g/mol. The third kappa shape index (κ3) is 3.29. The van der Waals surface area contributed by atoms with Gasteiger partial charge in [-0.15, -0.1) is 0 Å². The number of ether oxygens (including phenoxy) is 1. The van der Waals surface area contributed by atoms with Gasteiger partial charge in [0, 0.05) is 13.1 Å². The first kappa shape index (κ1) is 16.5. The molecule has 0 aromatic heterocycles. The Morgan fingerprint density at radius 1 is 1.50 bits per heavy atom. The summed E-state index contributed by atoms with van der Waals surface area (Å²) < 4.78 is 5.54. The molecule has 1 heterocycles. The van der Waals surface area contributed by atoms with Crippen LogP contribution in [0.5, 0.6) is 0 Å². The van der Waals surface area contributed by atoms with Gasteiger partial charge in [0.25, 0.3) is 0 Å². The van der Waals surface area contributed by atoms with Crippen LogP contribution in [0.15, 0.2) is 24.3 Å². The quantitative estimate of drug-likeness (QED) is 0.915. The largest absolute Gasteiger partial charge is 0.375 e. The lowest BCUT2D eigenvalue weighted by atomic mass is 9.83. The fraction of sp³-hybridized carbons (Fsp3) is 0.529. The van der Waals surface area contributed by atoms with Crippen LogP contribution in [-0.4, -0.2) is 36.1 Å². The molecule has 1 fully saturated rings. The van der Waals surface area contributed by atoms with Crippen molar-refractivity contribution in [3.8, 4) is 6.07 Å². The molecule has 0 aliphatic carbocycles. The van der Waals surface area contributed by atoms with Crippen LogP contribution in [0.25, 0.3) is 0 Å². The predicted molar refractivity (Wildman–Crippen MR) is 83.9 cm³/mol. The number of carbonyl (C=O) groups is 1. The van der Waals surface area contributed by atoms with E-state index in [2.05, 4.69) is 6.07 Å².